The zero-order chi connectivity index (χ0) is 31.5. The van der Waals surface area contributed by atoms with Gasteiger partial charge in [0, 0.05) is 49.4 Å². The monoisotopic (exact) mass is 630 g/mol. The number of piperazine rings is 1. The van der Waals surface area contributed by atoms with Crippen LogP contribution in [-0.4, -0.2) is 73.1 Å². The summed E-state index contributed by atoms with van der Waals surface area (Å²) in [4.78, 5) is 51.4. The summed E-state index contributed by atoms with van der Waals surface area (Å²) in [6.07, 6.45) is -5.60. The normalized spacial score (nSPS) is 19.2. The van der Waals surface area contributed by atoms with Crippen molar-refractivity contribution in [2.24, 2.45) is 0 Å². The van der Waals surface area contributed by atoms with Gasteiger partial charge >= 0.3 is 12.2 Å². The lowest BCUT2D eigenvalue weighted by molar-refractivity contribution is -0.138. The van der Waals surface area contributed by atoms with E-state index in [9.17, 15) is 41.1 Å². The van der Waals surface area contributed by atoms with E-state index >= 15 is 0 Å². The average Bonchev–Trinajstić information content (AvgIpc) is 3.24. The molecule has 232 valence electrons. The molecular weight excluding hydrogens is 603 g/mol. The number of urea groups is 1. The molecule has 0 aliphatic carbocycles. The lowest BCUT2D eigenvalue weighted by Gasteiger charge is -2.42. The number of halogens is 6. The molecule has 2 aromatic carbocycles. The molecule has 2 aromatic rings. The maximum atomic E-state index is 15.0. The molecule has 2 heterocycles. The summed E-state index contributed by atoms with van der Waals surface area (Å²) < 4.78 is 67.8. The molecule has 2 fully saturated rings. The van der Waals surface area contributed by atoms with Gasteiger partial charge in [0.2, 0.25) is 5.91 Å². The van der Waals surface area contributed by atoms with Gasteiger partial charge in [-0.2, -0.15) is 13.2 Å². The fourth-order valence-electron chi connectivity index (χ4n) is 4.87. The molecule has 0 radical (unpaired) electrons. The molecule has 0 saturated carbocycles. The van der Waals surface area contributed by atoms with Crippen molar-refractivity contribution in [1.82, 2.24) is 20.9 Å². The fraction of sp³-hybridized carbons (Fsp3) is 0.407. The third-order valence-corrected chi connectivity index (χ3v) is 7.31. The summed E-state index contributed by atoms with van der Waals surface area (Å²) in [7, 11) is 0. The maximum absolute atomic E-state index is 15.0. The van der Waals surface area contributed by atoms with Crippen molar-refractivity contribution in [3.8, 4) is 0 Å². The van der Waals surface area contributed by atoms with Crippen LogP contribution >= 0.6 is 11.6 Å². The van der Waals surface area contributed by atoms with Gasteiger partial charge in [-0.1, -0.05) is 17.7 Å². The first-order valence-corrected chi connectivity index (χ1v) is 13.6. The molecule has 2 aliphatic heterocycles. The number of imide groups is 1. The van der Waals surface area contributed by atoms with E-state index < -0.39 is 72.6 Å². The molecule has 2 aliphatic rings. The Kier molecular flexibility index (Phi) is 9.75. The maximum Gasteiger partial charge on any atom is 0.390 e. The molecule has 5 amide bonds. The van der Waals surface area contributed by atoms with Crippen LogP contribution in [0.15, 0.2) is 30.3 Å². The Balaban J connectivity index is 1.41. The second-order valence-electron chi connectivity index (χ2n) is 10.2. The number of amides is 5. The summed E-state index contributed by atoms with van der Waals surface area (Å²) >= 11 is 6.19. The summed E-state index contributed by atoms with van der Waals surface area (Å²) in [5, 5.41) is 9.45. The van der Waals surface area contributed by atoms with Crippen LogP contribution in [0.1, 0.15) is 35.7 Å². The Morgan fingerprint density at radius 2 is 1.84 bits per heavy atom. The minimum absolute atomic E-state index is 0.138. The zero-order valence-corrected chi connectivity index (χ0v) is 23.5. The van der Waals surface area contributed by atoms with Crippen molar-refractivity contribution < 1.29 is 41.1 Å². The van der Waals surface area contributed by atoms with Crippen LogP contribution in [0.2, 0.25) is 5.02 Å². The van der Waals surface area contributed by atoms with Gasteiger partial charge in [0.1, 0.15) is 6.04 Å². The second kappa shape index (κ2) is 13.1. The second-order valence-corrected chi connectivity index (χ2v) is 10.7. The lowest BCUT2D eigenvalue weighted by atomic mass is 10.1. The first-order valence-electron chi connectivity index (χ1n) is 13.2. The van der Waals surface area contributed by atoms with E-state index in [0.717, 1.165) is 12.1 Å². The SMILES string of the molecule is C[C@@H]1CN(CCC(F)(F)F)CCN1c1cc(Cl)ccc1NC(=O)c1ccc(CNC(=O)CC2NC(=O)NC2=O)c(F)c1F. The smallest absolute Gasteiger partial charge is 0.365 e. The van der Waals surface area contributed by atoms with Gasteiger partial charge in [-0.25, -0.2) is 13.6 Å². The van der Waals surface area contributed by atoms with Crippen LogP contribution in [0.25, 0.3) is 0 Å². The van der Waals surface area contributed by atoms with Crippen molar-refractivity contribution in [2.45, 2.75) is 44.6 Å². The fourth-order valence-corrected chi connectivity index (χ4v) is 5.04. The third kappa shape index (κ3) is 8.10. The summed E-state index contributed by atoms with van der Waals surface area (Å²) in [5.41, 5.74) is -0.157. The van der Waals surface area contributed by atoms with E-state index in [1.807, 2.05) is 17.1 Å². The van der Waals surface area contributed by atoms with Crippen LogP contribution in [0, 0.1) is 11.6 Å². The number of benzene rings is 2. The van der Waals surface area contributed by atoms with Crippen molar-refractivity contribution in [3.63, 3.8) is 0 Å². The van der Waals surface area contributed by atoms with Crippen LogP contribution < -0.4 is 26.2 Å². The van der Waals surface area contributed by atoms with Crippen molar-refractivity contribution in [1.29, 1.82) is 0 Å². The largest absolute Gasteiger partial charge is 0.390 e. The number of carbonyl (C=O) groups is 4. The Morgan fingerprint density at radius 3 is 2.49 bits per heavy atom. The van der Waals surface area contributed by atoms with Crippen LogP contribution in [0.5, 0.6) is 0 Å². The van der Waals surface area contributed by atoms with Gasteiger partial charge in [-0.3, -0.25) is 24.6 Å². The number of hydrogen-bond donors (Lipinski definition) is 4. The van der Waals surface area contributed by atoms with Gasteiger partial charge in [0.25, 0.3) is 11.8 Å². The van der Waals surface area contributed by atoms with Gasteiger partial charge < -0.3 is 20.9 Å². The van der Waals surface area contributed by atoms with Gasteiger partial charge in [-0.15, -0.1) is 0 Å². The standard InChI is InChI=1S/C27H28ClF5N6O4/c1-14-13-38(7-6-27(31,32)33)8-9-39(14)20-10-16(28)3-5-18(20)35-24(41)17-4-2-15(22(29)23(17)30)12-34-21(40)11-19-25(42)37-26(43)36-19/h2-5,10,14,19H,6-9,11-13H2,1H3,(H,34,40)(H,35,41)(H2,36,37,42,43)/t14-,19?/m1/s1. The predicted octanol–water partition coefficient (Wildman–Crippen LogP) is 3.55. The molecule has 0 bridgehead atoms. The Hall–Kier alpha value is -3.98. The number of nitrogens with one attached hydrogen (secondary N) is 4. The number of hydrogen-bond acceptors (Lipinski definition) is 6. The molecule has 10 nitrogen and oxygen atoms in total. The first kappa shape index (κ1) is 31.9. The molecule has 2 saturated heterocycles. The highest BCUT2D eigenvalue weighted by Crippen LogP contribution is 2.33. The van der Waals surface area contributed by atoms with Gasteiger partial charge in [0.05, 0.1) is 29.8 Å². The molecule has 4 rings (SSSR count). The minimum atomic E-state index is -4.26. The molecule has 16 heteroatoms. The molecule has 43 heavy (non-hydrogen) atoms. The van der Waals surface area contributed by atoms with E-state index in [2.05, 4.69) is 16.0 Å². The van der Waals surface area contributed by atoms with E-state index in [-0.39, 0.29) is 23.8 Å². The molecular formula is C27H28ClF5N6O4. The van der Waals surface area contributed by atoms with E-state index in [0.29, 0.717) is 30.3 Å². The lowest BCUT2D eigenvalue weighted by Crippen LogP contribution is -2.52. The number of nitrogens with zero attached hydrogens (tertiary/aromatic N) is 2. The predicted molar refractivity (Wildman–Crippen MR) is 147 cm³/mol. The summed E-state index contributed by atoms with van der Waals surface area (Å²) in [6.45, 7) is 2.24. The molecule has 1 unspecified atom stereocenters. The molecule has 0 aromatic heterocycles. The summed E-state index contributed by atoms with van der Waals surface area (Å²) in [6, 6.07) is 4.66. The molecule has 0 spiro atoms. The number of rotatable bonds is 9. The Bertz CT molecular complexity index is 1420. The average molecular weight is 631 g/mol. The number of carbonyl (C=O) groups excluding carboxylic acids is 4. The van der Waals surface area contributed by atoms with Gasteiger partial charge in [-0.05, 0) is 31.2 Å². The van der Waals surface area contributed by atoms with Crippen LogP contribution in [0.3, 0.4) is 0 Å². The van der Waals surface area contributed by atoms with Crippen molar-refractivity contribution >= 4 is 46.7 Å². The number of anilines is 2. The van der Waals surface area contributed by atoms with Crippen LogP contribution in [0.4, 0.5) is 38.1 Å². The zero-order valence-electron chi connectivity index (χ0n) is 22.8. The molecule has 2 atom stereocenters. The highest BCUT2D eigenvalue weighted by molar-refractivity contribution is 6.31. The first-order chi connectivity index (χ1) is 20.2. The minimum Gasteiger partial charge on any atom is -0.365 e. The van der Waals surface area contributed by atoms with Crippen LogP contribution in [-0.2, 0) is 16.1 Å². The highest BCUT2D eigenvalue weighted by atomic mass is 35.5. The Morgan fingerprint density at radius 1 is 1.09 bits per heavy atom. The third-order valence-electron chi connectivity index (χ3n) is 7.07. The topological polar surface area (TPSA) is 123 Å². The summed E-state index contributed by atoms with van der Waals surface area (Å²) in [5.74, 6) is -5.16. The van der Waals surface area contributed by atoms with Crippen molar-refractivity contribution in [3.05, 3.63) is 58.1 Å². The van der Waals surface area contributed by atoms with Gasteiger partial charge in [0.15, 0.2) is 11.6 Å². The molecule has 4 N–H and O–H groups in total. The highest BCUT2D eigenvalue weighted by Gasteiger charge is 2.32. The van der Waals surface area contributed by atoms with E-state index in [1.54, 1.807) is 11.0 Å². The quantitative estimate of drug-likeness (QED) is 0.248. The Labute approximate surface area is 247 Å². The van der Waals surface area contributed by atoms with E-state index in [4.69, 9.17) is 11.6 Å². The number of alkyl halides is 3. The van der Waals surface area contributed by atoms with E-state index in [1.165, 1.54) is 12.1 Å². The van der Waals surface area contributed by atoms with Crippen molar-refractivity contribution in [2.75, 3.05) is 36.4 Å².